The zero-order chi connectivity index (χ0) is 22.0. The Bertz CT molecular complexity index is 956. The Morgan fingerprint density at radius 3 is 2.74 bits per heavy atom. The van der Waals surface area contributed by atoms with Crippen LogP contribution in [0.1, 0.15) is 31.2 Å². The van der Waals surface area contributed by atoms with Gasteiger partial charge in [0.2, 0.25) is 0 Å². The lowest BCUT2D eigenvalue weighted by Crippen LogP contribution is -2.52. The van der Waals surface area contributed by atoms with Crippen molar-refractivity contribution in [1.29, 1.82) is 0 Å². The highest BCUT2D eigenvalue weighted by Crippen LogP contribution is 2.49. The summed E-state index contributed by atoms with van der Waals surface area (Å²) in [6.45, 7) is 1.04. The molecule has 2 amide bonds. The standard InChI is InChI=1S/C23H29BrN4O3/c1-28-12-11-23(15-7-8-17(30-2)18(13-15)31-3)10-9-16(14-19(23)28)25-22(29)27-21-6-4-5-20(24)26-21/h4-8,13,16,19H,9-12,14H2,1-3H3,(H2,25,26,27,29)/t16-,19+,23+/m1/s1. The molecular weight excluding hydrogens is 460 g/mol. The zero-order valence-corrected chi connectivity index (χ0v) is 19.7. The van der Waals surface area contributed by atoms with Crippen LogP contribution >= 0.6 is 15.9 Å². The first-order valence-corrected chi connectivity index (χ1v) is 11.4. The molecule has 7 nitrogen and oxygen atoms in total. The lowest BCUT2D eigenvalue weighted by atomic mass is 9.65. The molecule has 8 heteroatoms. The SMILES string of the molecule is COc1ccc([C@@]23CC[C@@H](NC(=O)Nc4cccc(Br)n4)C[C@@H]2N(C)CC3)cc1OC. The van der Waals surface area contributed by atoms with E-state index in [2.05, 4.69) is 55.6 Å². The number of nitrogens with one attached hydrogen (secondary N) is 2. The maximum atomic E-state index is 12.5. The van der Waals surface area contributed by atoms with Crippen LogP contribution in [-0.4, -0.2) is 55.8 Å². The number of likely N-dealkylation sites (tertiary alicyclic amines) is 1. The lowest BCUT2D eigenvalue weighted by molar-refractivity contribution is 0.156. The van der Waals surface area contributed by atoms with Gasteiger partial charge in [-0.1, -0.05) is 12.1 Å². The molecule has 2 aliphatic rings. The molecule has 0 unspecified atom stereocenters. The van der Waals surface area contributed by atoms with E-state index in [1.807, 2.05) is 18.2 Å². The Morgan fingerprint density at radius 2 is 2.00 bits per heavy atom. The first-order valence-electron chi connectivity index (χ1n) is 10.6. The average molecular weight is 489 g/mol. The van der Waals surface area contributed by atoms with E-state index >= 15 is 0 Å². The van der Waals surface area contributed by atoms with E-state index in [1.54, 1.807) is 20.3 Å². The molecule has 3 atom stereocenters. The molecule has 0 bridgehead atoms. The molecule has 1 aromatic carbocycles. The third kappa shape index (κ3) is 4.36. The Labute approximate surface area is 191 Å². The van der Waals surface area contributed by atoms with E-state index in [-0.39, 0.29) is 17.5 Å². The number of pyridine rings is 1. The summed E-state index contributed by atoms with van der Waals surface area (Å²) in [6, 6.07) is 12.0. The van der Waals surface area contributed by atoms with Gasteiger partial charge in [0.25, 0.3) is 0 Å². The quantitative estimate of drug-likeness (QED) is 0.617. The third-order valence-electron chi connectivity index (χ3n) is 6.78. The van der Waals surface area contributed by atoms with Crippen molar-refractivity contribution in [3.63, 3.8) is 0 Å². The number of anilines is 1. The number of hydrogen-bond acceptors (Lipinski definition) is 5. The van der Waals surface area contributed by atoms with Crippen molar-refractivity contribution in [2.24, 2.45) is 0 Å². The van der Waals surface area contributed by atoms with Gasteiger partial charge >= 0.3 is 6.03 Å². The number of hydrogen-bond donors (Lipinski definition) is 2. The fourth-order valence-electron chi connectivity index (χ4n) is 5.21. The predicted octanol–water partition coefficient (Wildman–Crippen LogP) is 4.18. The predicted molar refractivity (Wildman–Crippen MR) is 124 cm³/mol. The second-order valence-electron chi connectivity index (χ2n) is 8.39. The van der Waals surface area contributed by atoms with E-state index in [0.717, 1.165) is 43.7 Å². The number of carbonyl (C=O) groups is 1. The molecule has 4 rings (SSSR count). The van der Waals surface area contributed by atoms with Gasteiger partial charge in [-0.3, -0.25) is 5.32 Å². The average Bonchev–Trinajstić information content (AvgIpc) is 3.10. The summed E-state index contributed by atoms with van der Waals surface area (Å²) >= 11 is 3.33. The van der Waals surface area contributed by atoms with E-state index in [0.29, 0.717) is 16.5 Å². The normalized spacial score (nSPS) is 25.5. The van der Waals surface area contributed by atoms with Crippen molar-refractivity contribution in [3.8, 4) is 11.5 Å². The van der Waals surface area contributed by atoms with Crippen LogP contribution in [-0.2, 0) is 5.41 Å². The van der Waals surface area contributed by atoms with Gasteiger partial charge in [-0.05, 0) is 85.0 Å². The second kappa shape index (κ2) is 9.04. The van der Waals surface area contributed by atoms with Crippen LogP contribution in [0.25, 0.3) is 0 Å². The molecule has 0 spiro atoms. The largest absolute Gasteiger partial charge is 0.493 e. The van der Waals surface area contributed by atoms with Crippen LogP contribution in [0.4, 0.5) is 10.6 Å². The minimum Gasteiger partial charge on any atom is -0.493 e. The minimum absolute atomic E-state index is 0.0643. The summed E-state index contributed by atoms with van der Waals surface area (Å²) in [4.78, 5) is 19.2. The Balaban J connectivity index is 1.48. The summed E-state index contributed by atoms with van der Waals surface area (Å²) in [5, 5.41) is 5.99. The number of fused-ring (bicyclic) bond motifs is 1. The summed E-state index contributed by atoms with van der Waals surface area (Å²) < 4.78 is 11.7. The maximum Gasteiger partial charge on any atom is 0.320 e. The van der Waals surface area contributed by atoms with E-state index < -0.39 is 0 Å². The number of carbonyl (C=O) groups excluding carboxylic acids is 1. The first kappa shape index (κ1) is 21.9. The number of rotatable bonds is 5. The third-order valence-corrected chi connectivity index (χ3v) is 7.22. The molecule has 2 aromatic rings. The molecule has 1 aliphatic heterocycles. The molecule has 1 saturated heterocycles. The molecule has 2 N–H and O–H groups in total. The fourth-order valence-corrected chi connectivity index (χ4v) is 5.55. The molecule has 0 radical (unpaired) electrons. The van der Waals surface area contributed by atoms with Crippen molar-refractivity contribution in [1.82, 2.24) is 15.2 Å². The van der Waals surface area contributed by atoms with Gasteiger partial charge in [-0.25, -0.2) is 9.78 Å². The van der Waals surface area contributed by atoms with Gasteiger partial charge in [0.15, 0.2) is 11.5 Å². The van der Waals surface area contributed by atoms with Crippen LogP contribution < -0.4 is 20.1 Å². The van der Waals surface area contributed by atoms with Crippen LogP contribution in [0.5, 0.6) is 11.5 Å². The summed E-state index contributed by atoms with van der Waals surface area (Å²) in [6.07, 6.45) is 3.95. The monoisotopic (exact) mass is 488 g/mol. The van der Waals surface area contributed by atoms with Crippen LogP contribution in [0.15, 0.2) is 41.0 Å². The first-order chi connectivity index (χ1) is 14.9. The van der Waals surface area contributed by atoms with Crippen molar-refractivity contribution >= 4 is 27.8 Å². The van der Waals surface area contributed by atoms with Gasteiger partial charge in [-0.2, -0.15) is 0 Å². The molecule has 166 valence electrons. The van der Waals surface area contributed by atoms with Crippen molar-refractivity contribution in [2.45, 2.75) is 43.2 Å². The van der Waals surface area contributed by atoms with E-state index in [1.165, 1.54) is 5.56 Å². The number of aromatic nitrogens is 1. The Morgan fingerprint density at radius 1 is 1.19 bits per heavy atom. The smallest absolute Gasteiger partial charge is 0.320 e. The Kier molecular flexibility index (Phi) is 6.39. The number of methoxy groups -OCH3 is 2. The van der Waals surface area contributed by atoms with Crippen LogP contribution in [0.3, 0.4) is 0 Å². The number of likely N-dealkylation sites (N-methyl/N-ethyl adjacent to an activating group) is 1. The number of nitrogens with zero attached hydrogens (tertiary/aromatic N) is 2. The number of ether oxygens (including phenoxy) is 2. The van der Waals surface area contributed by atoms with Crippen molar-refractivity contribution in [2.75, 3.05) is 33.1 Å². The fraction of sp³-hybridized carbons (Fsp3) is 0.478. The topological polar surface area (TPSA) is 75.7 Å². The van der Waals surface area contributed by atoms with Crippen molar-refractivity contribution in [3.05, 3.63) is 46.6 Å². The van der Waals surface area contributed by atoms with Crippen molar-refractivity contribution < 1.29 is 14.3 Å². The van der Waals surface area contributed by atoms with E-state index in [4.69, 9.17) is 9.47 Å². The Hall–Kier alpha value is -2.32. The summed E-state index contributed by atoms with van der Waals surface area (Å²) in [5.74, 6) is 2.04. The number of urea groups is 1. The molecule has 1 aromatic heterocycles. The zero-order valence-electron chi connectivity index (χ0n) is 18.2. The minimum atomic E-state index is -0.213. The number of amides is 2. The number of benzene rings is 1. The van der Waals surface area contributed by atoms with Gasteiger partial charge in [0.1, 0.15) is 10.4 Å². The summed E-state index contributed by atoms with van der Waals surface area (Å²) in [5.41, 5.74) is 1.36. The van der Waals surface area contributed by atoms with Gasteiger partial charge in [0, 0.05) is 17.5 Å². The molecule has 2 heterocycles. The van der Waals surface area contributed by atoms with Gasteiger partial charge in [0.05, 0.1) is 14.2 Å². The molecular formula is C23H29BrN4O3. The second-order valence-corrected chi connectivity index (χ2v) is 9.20. The number of halogens is 1. The van der Waals surface area contributed by atoms with Crippen LogP contribution in [0.2, 0.25) is 0 Å². The summed E-state index contributed by atoms with van der Waals surface area (Å²) in [7, 11) is 5.52. The highest BCUT2D eigenvalue weighted by Gasteiger charge is 2.50. The highest BCUT2D eigenvalue weighted by molar-refractivity contribution is 9.10. The van der Waals surface area contributed by atoms with E-state index in [9.17, 15) is 4.79 Å². The highest BCUT2D eigenvalue weighted by atomic mass is 79.9. The molecule has 31 heavy (non-hydrogen) atoms. The molecule has 1 aliphatic carbocycles. The maximum absolute atomic E-state index is 12.5. The van der Waals surface area contributed by atoms with Gasteiger partial charge in [-0.15, -0.1) is 0 Å². The molecule has 2 fully saturated rings. The van der Waals surface area contributed by atoms with Gasteiger partial charge < -0.3 is 19.7 Å². The molecule has 1 saturated carbocycles. The van der Waals surface area contributed by atoms with Crippen LogP contribution in [0, 0.1) is 0 Å². The lowest BCUT2D eigenvalue weighted by Gasteiger charge is -2.45.